The molecule has 0 unspecified atom stereocenters. The molecule has 0 saturated carbocycles. The van der Waals surface area contributed by atoms with Crippen LogP contribution in [0.5, 0.6) is 0 Å². The lowest BCUT2D eigenvalue weighted by Crippen LogP contribution is -2.36. The van der Waals surface area contributed by atoms with Crippen molar-refractivity contribution in [3.8, 4) is 10.4 Å². The van der Waals surface area contributed by atoms with Gasteiger partial charge in [0.25, 0.3) is 0 Å². The highest BCUT2D eigenvalue weighted by Gasteiger charge is 2.23. The molecule has 2 aliphatic heterocycles. The number of nitrogens with zero attached hydrogens (tertiary/aromatic N) is 2. The van der Waals surface area contributed by atoms with Gasteiger partial charge < -0.3 is 14.5 Å². The molecule has 0 N–H and O–H groups in total. The molecular weight excluding hydrogens is 359 g/mol. The van der Waals surface area contributed by atoms with E-state index in [9.17, 15) is 4.39 Å². The minimum atomic E-state index is -0.174. The third-order valence-electron chi connectivity index (χ3n) is 5.86. The third kappa shape index (κ3) is 4.53. The molecule has 1 aromatic heterocycles. The predicted molar refractivity (Wildman–Crippen MR) is 111 cm³/mol. The van der Waals surface area contributed by atoms with Crippen LogP contribution in [0.2, 0.25) is 0 Å². The predicted octanol–water partition coefficient (Wildman–Crippen LogP) is 4.81. The maximum Gasteiger partial charge on any atom is 0.123 e. The lowest BCUT2D eigenvalue weighted by atomic mass is 10.1. The first-order valence-corrected chi connectivity index (χ1v) is 10.9. The molecule has 2 aliphatic rings. The van der Waals surface area contributed by atoms with Crippen LogP contribution < -0.4 is 4.90 Å². The number of hydrogen-bond acceptors (Lipinski definition) is 4. The van der Waals surface area contributed by atoms with Gasteiger partial charge in [0.05, 0.1) is 16.7 Å². The van der Waals surface area contributed by atoms with Gasteiger partial charge in [-0.3, -0.25) is 0 Å². The Kier molecular flexibility index (Phi) is 6.11. The Morgan fingerprint density at radius 1 is 1.07 bits per heavy atom. The van der Waals surface area contributed by atoms with Gasteiger partial charge in [0, 0.05) is 31.6 Å². The average molecular weight is 389 g/mol. The summed E-state index contributed by atoms with van der Waals surface area (Å²) in [5, 5.41) is 0. The average Bonchev–Trinajstić information content (AvgIpc) is 3.37. The minimum Gasteiger partial charge on any atom is -0.381 e. The first kappa shape index (κ1) is 18.9. The topological polar surface area (TPSA) is 15.7 Å². The smallest absolute Gasteiger partial charge is 0.123 e. The van der Waals surface area contributed by atoms with Crippen molar-refractivity contribution in [3.63, 3.8) is 0 Å². The number of thiophene rings is 1. The number of rotatable bonds is 6. The van der Waals surface area contributed by atoms with Gasteiger partial charge in [-0.05, 0) is 69.0 Å². The molecule has 146 valence electrons. The number of anilines is 1. The van der Waals surface area contributed by atoms with Crippen LogP contribution in [-0.2, 0) is 11.2 Å². The van der Waals surface area contributed by atoms with Gasteiger partial charge in [-0.25, -0.2) is 4.39 Å². The second-order valence-corrected chi connectivity index (χ2v) is 8.79. The van der Waals surface area contributed by atoms with E-state index < -0.39 is 0 Å². The number of likely N-dealkylation sites (tertiary alicyclic amines) is 1. The van der Waals surface area contributed by atoms with Crippen molar-refractivity contribution < 1.29 is 9.13 Å². The molecule has 5 heteroatoms. The van der Waals surface area contributed by atoms with E-state index >= 15 is 0 Å². The Morgan fingerprint density at radius 3 is 2.44 bits per heavy atom. The lowest BCUT2D eigenvalue weighted by molar-refractivity contribution is 0.0819. The number of benzene rings is 1. The summed E-state index contributed by atoms with van der Waals surface area (Å²) < 4.78 is 18.9. The highest BCUT2D eigenvalue weighted by molar-refractivity contribution is 7.16. The molecule has 2 fully saturated rings. The van der Waals surface area contributed by atoms with Crippen LogP contribution in [0, 0.1) is 5.82 Å². The highest BCUT2D eigenvalue weighted by Crippen LogP contribution is 2.40. The normalized spacial score (nSPS) is 19.1. The molecule has 0 radical (unpaired) electrons. The van der Waals surface area contributed by atoms with Crippen molar-refractivity contribution in [1.29, 1.82) is 0 Å². The van der Waals surface area contributed by atoms with Gasteiger partial charge in [0.15, 0.2) is 0 Å². The van der Waals surface area contributed by atoms with Crippen LogP contribution >= 0.6 is 11.3 Å². The second kappa shape index (κ2) is 8.72. The third-order valence-corrected chi connectivity index (χ3v) is 7.09. The maximum absolute atomic E-state index is 13.4. The highest BCUT2D eigenvalue weighted by atomic mass is 32.1. The summed E-state index contributed by atoms with van der Waals surface area (Å²) >= 11 is 1.88. The van der Waals surface area contributed by atoms with Crippen molar-refractivity contribution in [3.05, 3.63) is 41.0 Å². The molecule has 0 amide bonds. The van der Waals surface area contributed by atoms with Gasteiger partial charge >= 0.3 is 0 Å². The molecule has 0 spiro atoms. The van der Waals surface area contributed by atoms with Crippen LogP contribution in [0.3, 0.4) is 0 Å². The number of methoxy groups -OCH3 is 1. The van der Waals surface area contributed by atoms with Crippen LogP contribution in [-0.4, -0.2) is 50.8 Å². The van der Waals surface area contributed by atoms with Crippen LogP contribution in [0.1, 0.15) is 30.6 Å². The summed E-state index contributed by atoms with van der Waals surface area (Å²) in [4.78, 5) is 7.78. The SMILES string of the molecule is COC1CCN(c2cc(CCN3CCCC3)sc2-c2ccc(F)cc2)CC1. The Morgan fingerprint density at radius 2 is 1.78 bits per heavy atom. The standard InChI is InChI=1S/C22H29FN2OS/c1-26-19-8-14-25(15-9-19)21-16-20(10-13-24-11-2-3-12-24)27-22(21)17-4-6-18(23)7-5-17/h4-7,16,19H,2-3,8-15H2,1H3. The van der Waals surface area contributed by atoms with Crippen LogP contribution in [0.4, 0.5) is 10.1 Å². The van der Waals surface area contributed by atoms with Crippen LogP contribution in [0.25, 0.3) is 10.4 Å². The molecule has 0 bridgehead atoms. The summed E-state index contributed by atoms with van der Waals surface area (Å²) in [6.07, 6.45) is 6.30. The summed E-state index contributed by atoms with van der Waals surface area (Å²) in [5.41, 5.74) is 2.44. The van der Waals surface area contributed by atoms with Crippen molar-refractivity contribution in [2.45, 2.75) is 38.2 Å². The molecule has 1 aromatic carbocycles. The Hall–Kier alpha value is -1.43. The first-order chi connectivity index (χ1) is 13.2. The molecule has 3 heterocycles. The Labute approximate surface area is 165 Å². The molecule has 27 heavy (non-hydrogen) atoms. The zero-order valence-corrected chi connectivity index (χ0v) is 16.9. The fourth-order valence-electron chi connectivity index (χ4n) is 4.20. The molecule has 4 rings (SSSR count). The monoisotopic (exact) mass is 388 g/mol. The van der Waals surface area contributed by atoms with E-state index in [1.165, 1.54) is 41.4 Å². The number of piperidine rings is 1. The van der Waals surface area contributed by atoms with E-state index in [-0.39, 0.29) is 5.82 Å². The fourth-order valence-corrected chi connectivity index (χ4v) is 5.38. The number of halogens is 1. The summed E-state index contributed by atoms with van der Waals surface area (Å²) in [6.45, 7) is 5.68. The summed E-state index contributed by atoms with van der Waals surface area (Å²) in [5.74, 6) is -0.174. The van der Waals surface area contributed by atoms with Crippen LogP contribution in [0.15, 0.2) is 30.3 Å². The second-order valence-electron chi connectivity index (χ2n) is 7.65. The Balaban J connectivity index is 1.55. The summed E-state index contributed by atoms with van der Waals surface area (Å²) in [6, 6.07) is 9.35. The van der Waals surface area contributed by atoms with E-state index in [0.29, 0.717) is 6.10 Å². The van der Waals surface area contributed by atoms with E-state index in [4.69, 9.17) is 4.74 Å². The largest absolute Gasteiger partial charge is 0.381 e. The quantitative estimate of drug-likeness (QED) is 0.706. The van der Waals surface area contributed by atoms with E-state index in [1.807, 2.05) is 30.6 Å². The molecular formula is C22H29FN2OS. The minimum absolute atomic E-state index is 0.174. The molecule has 0 atom stereocenters. The van der Waals surface area contributed by atoms with E-state index in [0.717, 1.165) is 44.5 Å². The van der Waals surface area contributed by atoms with Gasteiger partial charge in [0.1, 0.15) is 5.82 Å². The van der Waals surface area contributed by atoms with Crippen molar-refractivity contribution in [2.75, 3.05) is 44.7 Å². The maximum atomic E-state index is 13.4. The zero-order chi connectivity index (χ0) is 18.6. The lowest BCUT2D eigenvalue weighted by Gasteiger charge is -2.33. The molecule has 2 aromatic rings. The van der Waals surface area contributed by atoms with Crippen molar-refractivity contribution >= 4 is 17.0 Å². The van der Waals surface area contributed by atoms with E-state index in [1.54, 1.807) is 12.1 Å². The van der Waals surface area contributed by atoms with Crippen molar-refractivity contribution in [1.82, 2.24) is 4.90 Å². The van der Waals surface area contributed by atoms with Gasteiger partial charge in [-0.15, -0.1) is 11.3 Å². The Bertz CT molecular complexity index is 731. The molecule has 3 nitrogen and oxygen atoms in total. The number of ether oxygens (including phenoxy) is 1. The molecule has 0 aliphatic carbocycles. The van der Waals surface area contributed by atoms with E-state index in [2.05, 4.69) is 15.9 Å². The van der Waals surface area contributed by atoms with Gasteiger partial charge in [-0.1, -0.05) is 12.1 Å². The fraction of sp³-hybridized carbons (Fsp3) is 0.545. The molecule has 2 saturated heterocycles. The summed E-state index contributed by atoms with van der Waals surface area (Å²) in [7, 11) is 1.81. The van der Waals surface area contributed by atoms with Gasteiger partial charge in [-0.2, -0.15) is 0 Å². The zero-order valence-electron chi connectivity index (χ0n) is 16.1. The van der Waals surface area contributed by atoms with Gasteiger partial charge in [0.2, 0.25) is 0 Å². The van der Waals surface area contributed by atoms with Crippen molar-refractivity contribution in [2.24, 2.45) is 0 Å². The first-order valence-electron chi connectivity index (χ1n) is 10.1. The number of hydrogen-bond donors (Lipinski definition) is 0.